The second kappa shape index (κ2) is 5.25. The fourth-order valence-electron chi connectivity index (χ4n) is 1.86. The predicted molar refractivity (Wildman–Crippen MR) is 60.9 cm³/mol. The molecule has 6 heteroatoms. The minimum absolute atomic E-state index is 0.0457. The third kappa shape index (κ3) is 2.69. The highest BCUT2D eigenvalue weighted by atomic mass is 32.2. The highest BCUT2D eigenvalue weighted by molar-refractivity contribution is 7.86. The van der Waals surface area contributed by atoms with Gasteiger partial charge in [-0.2, -0.15) is 17.0 Å². The van der Waals surface area contributed by atoms with Gasteiger partial charge in [0.15, 0.2) is 0 Å². The molecule has 1 rings (SSSR count). The van der Waals surface area contributed by atoms with Crippen LogP contribution in [-0.4, -0.2) is 55.8 Å². The maximum atomic E-state index is 12.2. The van der Waals surface area contributed by atoms with Gasteiger partial charge in [-0.05, 0) is 6.92 Å². The summed E-state index contributed by atoms with van der Waals surface area (Å²) in [4.78, 5) is 0. The minimum Gasteiger partial charge on any atom is -0.314 e. The Morgan fingerprint density at radius 2 is 2.00 bits per heavy atom. The Morgan fingerprint density at radius 3 is 2.47 bits per heavy atom. The summed E-state index contributed by atoms with van der Waals surface area (Å²) in [5, 5.41) is 3.19. The minimum atomic E-state index is -3.25. The fourth-order valence-corrected chi connectivity index (χ4v) is 3.66. The van der Waals surface area contributed by atoms with E-state index in [9.17, 15) is 8.42 Å². The lowest BCUT2D eigenvalue weighted by atomic mass is 10.3. The van der Waals surface area contributed by atoms with Gasteiger partial charge in [-0.3, -0.25) is 0 Å². The molecule has 1 aliphatic heterocycles. The van der Waals surface area contributed by atoms with Crippen LogP contribution in [0.4, 0.5) is 0 Å². The van der Waals surface area contributed by atoms with Crippen LogP contribution >= 0.6 is 0 Å². The lowest BCUT2D eigenvalue weighted by Crippen LogP contribution is -2.56. The van der Waals surface area contributed by atoms with Crippen molar-refractivity contribution in [2.24, 2.45) is 0 Å². The molecule has 1 fully saturated rings. The van der Waals surface area contributed by atoms with Crippen LogP contribution in [0.15, 0.2) is 0 Å². The van der Waals surface area contributed by atoms with E-state index < -0.39 is 10.2 Å². The van der Waals surface area contributed by atoms with Crippen molar-refractivity contribution < 1.29 is 8.42 Å². The van der Waals surface area contributed by atoms with Crippen molar-refractivity contribution in [3.8, 4) is 0 Å². The van der Waals surface area contributed by atoms with Gasteiger partial charge in [-0.1, -0.05) is 13.8 Å². The van der Waals surface area contributed by atoms with Crippen LogP contribution in [0.25, 0.3) is 0 Å². The molecule has 1 atom stereocenters. The summed E-state index contributed by atoms with van der Waals surface area (Å²) in [6, 6.07) is 0.0457. The van der Waals surface area contributed by atoms with Gasteiger partial charge in [-0.25, -0.2) is 0 Å². The zero-order valence-electron chi connectivity index (χ0n) is 9.73. The first-order chi connectivity index (χ1) is 7.04. The summed E-state index contributed by atoms with van der Waals surface area (Å²) in [6.45, 7) is 8.80. The van der Waals surface area contributed by atoms with E-state index in [1.165, 1.54) is 4.31 Å². The van der Waals surface area contributed by atoms with Crippen LogP contribution in [0.3, 0.4) is 0 Å². The molecule has 1 saturated heterocycles. The molecule has 5 nitrogen and oxygen atoms in total. The number of piperazine rings is 1. The second-order valence-electron chi connectivity index (χ2n) is 3.76. The molecule has 1 heterocycles. The average molecular weight is 235 g/mol. The van der Waals surface area contributed by atoms with Gasteiger partial charge in [0.25, 0.3) is 10.2 Å². The molecule has 0 aromatic heterocycles. The summed E-state index contributed by atoms with van der Waals surface area (Å²) < 4.78 is 27.5. The molecule has 0 unspecified atom stereocenters. The molecule has 0 saturated carbocycles. The summed E-state index contributed by atoms with van der Waals surface area (Å²) in [5.41, 5.74) is 0. The smallest absolute Gasteiger partial charge is 0.282 e. The van der Waals surface area contributed by atoms with Crippen molar-refractivity contribution in [3.63, 3.8) is 0 Å². The number of nitrogens with one attached hydrogen (secondary N) is 1. The Hall–Kier alpha value is -0.170. The number of nitrogens with zero attached hydrogens (tertiary/aromatic N) is 2. The first-order valence-corrected chi connectivity index (χ1v) is 6.91. The molecular formula is C9H21N3O2S. The van der Waals surface area contributed by atoms with Crippen molar-refractivity contribution >= 4 is 10.2 Å². The monoisotopic (exact) mass is 235 g/mol. The largest absolute Gasteiger partial charge is 0.314 e. The molecule has 0 spiro atoms. The van der Waals surface area contributed by atoms with Crippen molar-refractivity contribution in [1.82, 2.24) is 13.9 Å². The van der Waals surface area contributed by atoms with Gasteiger partial charge < -0.3 is 5.32 Å². The molecule has 1 N–H and O–H groups in total. The number of hydrogen-bond acceptors (Lipinski definition) is 3. The lowest BCUT2D eigenvalue weighted by molar-refractivity contribution is 0.260. The zero-order chi connectivity index (χ0) is 11.5. The molecule has 0 amide bonds. The van der Waals surface area contributed by atoms with Crippen molar-refractivity contribution in [3.05, 3.63) is 0 Å². The van der Waals surface area contributed by atoms with Gasteiger partial charge in [0, 0.05) is 38.8 Å². The molecule has 0 radical (unpaired) electrons. The summed E-state index contributed by atoms with van der Waals surface area (Å²) in [6.07, 6.45) is 0. The van der Waals surface area contributed by atoms with E-state index in [0.717, 1.165) is 13.1 Å². The topological polar surface area (TPSA) is 52.7 Å². The van der Waals surface area contributed by atoms with Crippen molar-refractivity contribution in [2.75, 3.05) is 32.7 Å². The van der Waals surface area contributed by atoms with Crippen LogP contribution in [0.2, 0.25) is 0 Å². The Morgan fingerprint density at radius 1 is 1.40 bits per heavy atom. The van der Waals surface area contributed by atoms with Crippen LogP contribution < -0.4 is 5.32 Å². The van der Waals surface area contributed by atoms with E-state index in [4.69, 9.17) is 0 Å². The molecule has 0 aliphatic carbocycles. The van der Waals surface area contributed by atoms with E-state index in [-0.39, 0.29) is 6.04 Å². The average Bonchev–Trinajstić information content (AvgIpc) is 2.19. The normalized spacial score (nSPS) is 24.7. The molecule has 1 aliphatic rings. The van der Waals surface area contributed by atoms with E-state index >= 15 is 0 Å². The molecule has 0 aromatic carbocycles. The highest BCUT2D eigenvalue weighted by Crippen LogP contribution is 2.13. The Balaban J connectivity index is 2.83. The summed E-state index contributed by atoms with van der Waals surface area (Å²) >= 11 is 0. The molecule has 15 heavy (non-hydrogen) atoms. The summed E-state index contributed by atoms with van der Waals surface area (Å²) in [5.74, 6) is 0. The van der Waals surface area contributed by atoms with Crippen LogP contribution in [0, 0.1) is 0 Å². The second-order valence-corrected chi connectivity index (χ2v) is 5.64. The third-order valence-electron chi connectivity index (χ3n) is 2.77. The quantitative estimate of drug-likeness (QED) is 0.738. The van der Waals surface area contributed by atoms with Gasteiger partial charge >= 0.3 is 0 Å². The number of hydrogen-bond donors (Lipinski definition) is 1. The van der Waals surface area contributed by atoms with Gasteiger partial charge in [0.2, 0.25) is 0 Å². The Bertz CT molecular complexity index is 288. The molecule has 0 aromatic rings. The van der Waals surface area contributed by atoms with Gasteiger partial charge in [0.05, 0.1) is 0 Å². The maximum Gasteiger partial charge on any atom is 0.282 e. The van der Waals surface area contributed by atoms with E-state index in [1.807, 2.05) is 20.8 Å². The van der Waals surface area contributed by atoms with E-state index in [1.54, 1.807) is 4.31 Å². The van der Waals surface area contributed by atoms with Gasteiger partial charge in [0.1, 0.15) is 0 Å². The van der Waals surface area contributed by atoms with Crippen LogP contribution in [0.5, 0.6) is 0 Å². The maximum absolute atomic E-state index is 12.2. The molecular weight excluding hydrogens is 214 g/mol. The van der Waals surface area contributed by atoms with E-state index in [2.05, 4.69) is 5.32 Å². The SMILES string of the molecule is CCN(CC)S(=O)(=O)N1CCNC[C@H]1C. The van der Waals surface area contributed by atoms with E-state index in [0.29, 0.717) is 19.6 Å². The zero-order valence-corrected chi connectivity index (χ0v) is 10.5. The highest BCUT2D eigenvalue weighted by Gasteiger charge is 2.32. The lowest BCUT2D eigenvalue weighted by Gasteiger charge is -2.36. The fraction of sp³-hybridized carbons (Fsp3) is 1.00. The number of rotatable bonds is 4. The first-order valence-electron chi connectivity index (χ1n) is 5.51. The van der Waals surface area contributed by atoms with Gasteiger partial charge in [-0.15, -0.1) is 0 Å². The standard InChI is InChI=1S/C9H21N3O2S/c1-4-11(5-2)15(13,14)12-7-6-10-8-9(12)3/h9-10H,4-8H2,1-3H3/t9-/m1/s1. The van der Waals surface area contributed by atoms with Crippen LogP contribution in [-0.2, 0) is 10.2 Å². The molecule has 90 valence electrons. The predicted octanol–water partition coefficient (Wildman–Crippen LogP) is -0.133. The Kier molecular flexibility index (Phi) is 4.51. The third-order valence-corrected chi connectivity index (χ3v) is 5.07. The van der Waals surface area contributed by atoms with Crippen molar-refractivity contribution in [2.45, 2.75) is 26.8 Å². The molecule has 0 bridgehead atoms. The van der Waals surface area contributed by atoms with Crippen LogP contribution in [0.1, 0.15) is 20.8 Å². The summed E-state index contributed by atoms with van der Waals surface area (Å²) in [7, 11) is -3.25. The first kappa shape index (κ1) is 12.9. The van der Waals surface area contributed by atoms with Crippen molar-refractivity contribution in [1.29, 1.82) is 0 Å². The Labute approximate surface area is 92.6 Å².